The average molecular weight is 431 g/mol. The predicted octanol–water partition coefficient (Wildman–Crippen LogP) is 3.72. The summed E-state index contributed by atoms with van der Waals surface area (Å²) in [7, 11) is 0. The summed E-state index contributed by atoms with van der Waals surface area (Å²) >= 11 is 3.20. The van der Waals surface area contributed by atoms with Crippen LogP contribution in [-0.2, 0) is 4.79 Å². The van der Waals surface area contributed by atoms with Crippen LogP contribution in [-0.4, -0.2) is 53.0 Å². The number of benzene rings is 1. The first-order valence-electron chi connectivity index (χ1n) is 9.29. The second-order valence-electron chi connectivity index (χ2n) is 6.66. The summed E-state index contributed by atoms with van der Waals surface area (Å²) in [4.78, 5) is 29.7. The summed E-state index contributed by atoms with van der Waals surface area (Å²) in [6.07, 6.45) is 0.294. The molecular weight excluding hydrogens is 411 g/mol. The third kappa shape index (κ3) is 4.68. The van der Waals surface area contributed by atoms with Crippen molar-refractivity contribution >= 4 is 39.5 Å². The fourth-order valence-electron chi connectivity index (χ4n) is 3.15. The smallest absolute Gasteiger partial charge is 0.223 e. The standard InChI is InChI=1S/C20H19FN4O2S2/c21-15-5-3-14(4-6-15)16(26)7-8-18(27)24-9-11-25(12-10-24)20-23-22-19(29-20)17-2-1-13-28-17/h1-6,13H,7-12H2. The summed E-state index contributed by atoms with van der Waals surface area (Å²) < 4.78 is 13.0. The molecule has 0 radical (unpaired) electrons. The molecule has 1 aliphatic rings. The van der Waals surface area contributed by atoms with Crippen molar-refractivity contribution in [1.82, 2.24) is 15.1 Å². The normalized spacial score (nSPS) is 14.2. The molecule has 0 aliphatic carbocycles. The summed E-state index contributed by atoms with van der Waals surface area (Å²) in [5.41, 5.74) is 0.432. The number of ketones is 1. The van der Waals surface area contributed by atoms with Crippen LogP contribution in [0.3, 0.4) is 0 Å². The molecule has 1 amide bonds. The molecule has 6 nitrogen and oxygen atoms in total. The van der Waals surface area contributed by atoms with Gasteiger partial charge in [0.1, 0.15) is 5.82 Å². The number of nitrogens with zero attached hydrogens (tertiary/aromatic N) is 4. The van der Waals surface area contributed by atoms with Crippen LogP contribution < -0.4 is 4.90 Å². The second kappa shape index (κ2) is 8.79. The van der Waals surface area contributed by atoms with E-state index < -0.39 is 0 Å². The van der Waals surface area contributed by atoms with Gasteiger partial charge >= 0.3 is 0 Å². The van der Waals surface area contributed by atoms with E-state index in [2.05, 4.69) is 15.1 Å². The van der Waals surface area contributed by atoms with Crippen molar-refractivity contribution in [1.29, 1.82) is 0 Å². The minimum absolute atomic E-state index is 0.0309. The monoisotopic (exact) mass is 430 g/mol. The lowest BCUT2D eigenvalue weighted by atomic mass is 10.1. The molecule has 29 heavy (non-hydrogen) atoms. The van der Waals surface area contributed by atoms with Gasteiger partial charge in [-0.25, -0.2) is 4.39 Å². The second-order valence-corrected chi connectivity index (χ2v) is 8.57. The van der Waals surface area contributed by atoms with Crippen LogP contribution >= 0.6 is 22.7 Å². The van der Waals surface area contributed by atoms with Crippen molar-refractivity contribution < 1.29 is 14.0 Å². The number of rotatable bonds is 6. The van der Waals surface area contributed by atoms with Crippen LogP contribution in [0.25, 0.3) is 9.88 Å². The Balaban J connectivity index is 1.26. The van der Waals surface area contributed by atoms with Crippen LogP contribution in [0.15, 0.2) is 41.8 Å². The van der Waals surface area contributed by atoms with E-state index >= 15 is 0 Å². The van der Waals surface area contributed by atoms with Gasteiger partial charge in [-0.2, -0.15) is 0 Å². The molecule has 0 spiro atoms. The zero-order valence-corrected chi connectivity index (χ0v) is 17.2. The van der Waals surface area contributed by atoms with Gasteiger partial charge in [-0.05, 0) is 35.7 Å². The highest BCUT2D eigenvalue weighted by molar-refractivity contribution is 7.22. The van der Waals surface area contributed by atoms with E-state index in [9.17, 15) is 14.0 Å². The molecular formula is C20H19FN4O2S2. The van der Waals surface area contributed by atoms with Gasteiger partial charge in [-0.3, -0.25) is 9.59 Å². The lowest BCUT2D eigenvalue weighted by molar-refractivity contribution is -0.131. The number of carbonyl (C=O) groups excluding carboxylic acids is 2. The van der Waals surface area contributed by atoms with Gasteiger partial charge in [0.25, 0.3) is 0 Å². The SMILES string of the molecule is O=C(CCC(=O)N1CCN(c2nnc(-c3cccs3)s2)CC1)c1ccc(F)cc1. The third-order valence-electron chi connectivity index (χ3n) is 4.78. The molecule has 150 valence electrons. The fourth-order valence-corrected chi connectivity index (χ4v) is 4.84. The van der Waals surface area contributed by atoms with Crippen molar-refractivity contribution in [2.45, 2.75) is 12.8 Å². The summed E-state index contributed by atoms with van der Waals surface area (Å²) in [5, 5.41) is 12.4. The maximum atomic E-state index is 13.0. The van der Waals surface area contributed by atoms with Crippen LogP contribution in [0, 0.1) is 5.82 Å². The molecule has 0 N–H and O–H groups in total. The Morgan fingerprint density at radius 2 is 1.76 bits per heavy atom. The minimum atomic E-state index is -0.381. The van der Waals surface area contributed by atoms with Crippen LogP contribution in [0.5, 0.6) is 0 Å². The van der Waals surface area contributed by atoms with Gasteiger partial charge in [-0.1, -0.05) is 17.4 Å². The Labute approximate surface area is 175 Å². The Morgan fingerprint density at radius 3 is 2.45 bits per heavy atom. The largest absolute Gasteiger partial charge is 0.343 e. The van der Waals surface area contributed by atoms with Gasteiger partial charge in [0.2, 0.25) is 11.0 Å². The Kier molecular flexibility index (Phi) is 5.96. The van der Waals surface area contributed by atoms with Crippen LogP contribution in [0.2, 0.25) is 0 Å². The Bertz CT molecular complexity index is 980. The van der Waals surface area contributed by atoms with E-state index in [-0.39, 0.29) is 30.3 Å². The molecule has 1 aliphatic heterocycles. The summed E-state index contributed by atoms with van der Waals surface area (Å²) in [5.74, 6) is -0.558. The Morgan fingerprint density at radius 1 is 1.00 bits per heavy atom. The van der Waals surface area contributed by atoms with E-state index in [1.54, 1.807) is 27.6 Å². The van der Waals surface area contributed by atoms with Crippen molar-refractivity contribution in [2.24, 2.45) is 0 Å². The third-order valence-corrected chi connectivity index (χ3v) is 6.80. The molecule has 1 saturated heterocycles. The zero-order chi connectivity index (χ0) is 20.2. The van der Waals surface area contributed by atoms with Gasteiger partial charge in [0.05, 0.1) is 4.88 Å². The molecule has 0 bridgehead atoms. The first-order chi connectivity index (χ1) is 14.1. The predicted molar refractivity (Wildman–Crippen MR) is 112 cm³/mol. The number of thiophene rings is 1. The molecule has 9 heteroatoms. The number of hydrogen-bond donors (Lipinski definition) is 0. The number of aromatic nitrogens is 2. The van der Waals surface area contributed by atoms with E-state index in [0.717, 1.165) is 15.0 Å². The van der Waals surface area contributed by atoms with Crippen molar-refractivity contribution in [2.75, 3.05) is 31.1 Å². The molecule has 0 saturated carbocycles. The molecule has 1 aromatic carbocycles. The number of Topliss-reactive ketones (excluding diaryl/α,β-unsaturated/α-hetero) is 1. The van der Waals surface area contributed by atoms with E-state index in [0.29, 0.717) is 31.7 Å². The highest BCUT2D eigenvalue weighted by atomic mass is 32.1. The first-order valence-corrected chi connectivity index (χ1v) is 11.0. The van der Waals surface area contributed by atoms with Gasteiger partial charge in [0, 0.05) is 44.6 Å². The quantitative estimate of drug-likeness (QED) is 0.558. The van der Waals surface area contributed by atoms with E-state index in [4.69, 9.17) is 0 Å². The lowest BCUT2D eigenvalue weighted by Gasteiger charge is -2.34. The van der Waals surface area contributed by atoms with Gasteiger partial charge in [-0.15, -0.1) is 21.5 Å². The van der Waals surface area contributed by atoms with Crippen molar-refractivity contribution in [3.05, 3.63) is 53.2 Å². The minimum Gasteiger partial charge on any atom is -0.343 e. The maximum Gasteiger partial charge on any atom is 0.223 e. The topological polar surface area (TPSA) is 66.4 Å². The molecule has 4 rings (SSSR count). The van der Waals surface area contributed by atoms with E-state index in [1.165, 1.54) is 24.3 Å². The number of anilines is 1. The molecule has 3 heterocycles. The summed E-state index contributed by atoms with van der Waals surface area (Å²) in [6.45, 7) is 2.57. The highest BCUT2D eigenvalue weighted by Gasteiger charge is 2.24. The molecule has 3 aromatic rings. The van der Waals surface area contributed by atoms with Gasteiger partial charge < -0.3 is 9.80 Å². The number of piperazine rings is 1. The van der Waals surface area contributed by atoms with Crippen molar-refractivity contribution in [3.8, 4) is 9.88 Å². The number of amides is 1. The average Bonchev–Trinajstić information content (AvgIpc) is 3.44. The van der Waals surface area contributed by atoms with Crippen molar-refractivity contribution in [3.63, 3.8) is 0 Å². The molecule has 0 atom stereocenters. The van der Waals surface area contributed by atoms with Crippen LogP contribution in [0.1, 0.15) is 23.2 Å². The van der Waals surface area contributed by atoms with Crippen LogP contribution in [0.4, 0.5) is 9.52 Å². The fraction of sp³-hybridized carbons (Fsp3) is 0.300. The molecule has 2 aromatic heterocycles. The maximum absolute atomic E-state index is 13.0. The number of carbonyl (C=O) groups is 2. The molecule has 1 fully saturated rings. The first kappa shape index (κ1) is 19.7. The number of halogens is 1. The highest BCUT2D eigenvalue weighted by Crippen LogP contribution is 2.31. The summed E-state index contributed by atoms with van der Waals surface area (Å²) in [6, 6.07) is 9.43. The Hall–Kier alpha value is -2.65. The van der Waals surface area contributed by atoms with E-state index in [1.807, 2.05) is 17.5 Å². The lowest BCUT2D eigenvalue weighted by Crippen LogP contribution is -2.48. The number of hydrogen-bond acceptors (Lipinski definition) is 7. The zero-order valence-electron chi connectivity index (χ0n) is 15.6. The molecule has 0 unspecified atom stereocenters. The van der Waals surface area contributed by atoms with Gasteiger partial charge in [0.15, 0.2) is 10.8 Å².